The minimum atomic E-state index is 0.788. The summed E-state index contributed by atoms with van der Waals surface area (Å²) in [5, 5.41) is 8.22. The van der Waals surface area contributed by atoms with Crippen molar-refractivity contribution in [1.82, 2.24) is 10.3 Å². The van der Waals surface area contributed by atoms with E-state index in [0.717, 1.165) is 40.6 Å². The van der Waals surface area contributed by atoms with Crippen LogP contribution in [0.15, 0.2) is 65.3 Å². The SMILES string of the molecule is CCc1cccc(-c2cc(-c3cccc(CC)c3)c3nonc3c2)c1. The van der Waals surface area contributed by atoms with Gasteiger partial charge in [-0.1, -0.05) is 62.4 Å². The summed E-state index contributed by atoms with van der Waals surface area (Å²) in [6.45, 7) is 4.34. The van der Waals surface area contributed by atoms with E-state index in [2.05, 4.69) is 78.8 Å². The van der Waals surface area contributed by atoms with Crippen LogP contribution in [0.4, 0.5) is 0 Å². The van der Waals surface area contributed by atoms with Crippen molar-refractivity contribution < 1.29 is 4.63 Å². The molecule has 0 atom stereocenters. The van der Waals surface area contributed by atoms with Gasteiger partial charge in [0.15, 0.2) is 0 Å². The Balaban J connectivity index is 1.93. The molecule has 0 fully saturated rings. The van der Waals surface area contributed by atoms with Gasteiger partial charge in [-0.3, -0.25) is 0 Å². The van der Waals surface area contributed by atoms with Gasteiger partial charge in [-0.15, -0.1) is 0 Å². The summed E-state index contributed by atoms with van der Waals surface area (Å²) in [6.07, 6.45) is 2.03. The van der Waals surface area contributed by atoms with E-state index in [1.54, 1.807) is 0 Å². The standard InChI is InChI=1S/C22H20N2O/c1-3-15-7-5-9-17(11-15)19-13-20(22-21(14-19)23-25-24-22)18-10-6-8-16(4-2)12-18/h5-14H,3-4H2,1-2H3. The zero-order valence-corrected chi connectivity index (χ0v) is 14.5. The fourth-order valence-corrected chi connectivity index (χ4v) is 3.21. The molecule has 0 radical (unpaired) electrons. The highest BCUT2D eigenvalue weighted by molar-refractivity contribution is 5.95. The van der Waals surface area contributed by atoms with Gasteiger partial charge in [0.25, 0.3) is 0 Å². The molecular formula is C22H20N2O. The van der Waals surface area contributed by atoms with Gasteiger partial charge in [-0.2, -0.15) is 0 Å². The van der Waals surface area contributed by atoms with Crippen molar-refractivity contribution in [3.05, 3.63) is 71.8 Å². The van der Waals surface area contributed by atoms with E-state index < -0.39 is 0 Å². The van der Waals surface area contributed by atoms with Crippen molar-refractivity contribution in [3.63, 3.8) is 0 Å². The van der Waals surface area contributed by atoms with Gasteiger partial charge in [0.2, 0.25) is 0 Å². The number of aromatic nitrogens is 2. The summed E-state index contributed by atoms with van der Waals surface area (Å²) in [5.41, 5.74) is 8.76. The van der Waals surface area contributed by atoms with E-state index in [1.165, 1.54) is 16.7 Å². The molecule has 1 aromatic heterocycles. The van der Waals surface area contributed by atoms with Crippen LogP contribution in [0.5, 0.6) is 0 Å². The molecule has 1 heterocycles. The van der Waals surface area contributed by atoms with Crippen LogP contribution >= 0.6 is 0 Å². The van der Waals surface area contributed by atoms with Gasteiger partial charge in [-0.25, -0.2) is 4.63 Å². The minimum absolute atomic E-state index is 0.788. The van der Waals surface area contributed by atoms with Gasteiger partial charge in [0.1, 0.15) is 11.0 Å². The Hall–Kier alpha value is -2.94. The first-order chi connectivity index (χ1) is 12.3. The van der Waals surface area contributed by atoms with Crippen molar-refractivity contribution in [1.29, 1.82) is 0 Å². The molecule has 0 saturated heterocycles. The molecular weight excluding hydrogens is 308 g/mol. The van der Waals surface area contributed by atoms with Crippen LogP contribution in [0.1, 0.15) is 25.0 Å². The second-order valence-electron chi connectivity index (χ2n) is 6.26. The number of hydrogen-bond acceptors (Lipinski definition) is 3. The van der Waals surface area contributed by atoms with E-state index in [9.17, 15) is 0 Å². The second-order valence-corrected chi connectivity index (χ2v) is 6.26. The lowest BCUT2D eigenvalue weighted by Crippen LogP contribution is -1.88. The lowest BCUT2D eigenvalue weighted by molar-refractivity contribution is 0.315. The van der Waals surface area contributed by atoms with E-state index in [1.807, 2.05) is 6.07 Å². The first kappa shape index (κ1) is 15.6. The maximum absolute atomic E-state index is 5.02. The Bertz CT molecular complexity index is 1030. The van der Waals surface area contributed by atoms with Crippen LogP contribution in [0.3, 0.4) is 0 Å². The Morgan fingerprint density at radius 2 is 1.40 bits per heavy atom. The average Bonchev–Trinajstić information content (AvgIpc) is 3.16. The lowest BCUT2D eigenvalue weighted by atomic mass is 9.95. The molecule has 4 rings (SSSR count). The van der Waals surface area contributed by atoms with Crippen LogP contribution in [0.25, 0.3) is 33.3 Å². The molecule has 3 heteroatoms. The van der Waals surface area contributed by atoms with Crippen LogP contribution in [0.2, 0.25) is 0 Å². The number of rotatable bonds is 4. The smallest absolute Gasteiger partial charge is 0.143 e. The molecule has 3 nitrogen and oxygen atoms in total. The Morgan fingerprint density at radius 3 is 2.12 bits per heavy atom. The molecule has 4 aromatic rings. The molecule has 124 valence electrons. The van der Waals surface area contributed by atoms with Crippen LogP contribution < -0.4 is 0 Å². The molecule has 0 aliphatic heterocycles. The molecule has 0 aliphatic rings. The summed E-state index contributed by atoms with van der Waals surface area (Å²) in [6, 6.07) is 21.5. The van der Waals surface area contributed by atoms with Gasteiger partial charge in [-0.05, 0) is 63.1 Å². The molecule has 0 bridgehead atoms. The highest BCUT2D eigenvalue weighted by atomic mass is 16.6. The molecule has 3 aromatic carbocycles. The van der Waals surface area contributed by atoms with Gasteiger partial charge in [0.05, 0.1) is 0 Å². The monoisotopic (exact) mass is 328 g/mol. The Labute approximate surface area is 147 Å². The summed E-state index contributed by atoms with van der Waals surface area (Å²) >= 11 is 0. The largest absolute Gasteiger partial charge is 0.243 e. The highest BCUT2D eigenvalue weighted by Gasteiger charge is 2.13. The fourth-order valence-electron chi connectivity index (χ4n) is 3.21. The normalized spacial score (nSPS) is 11.1. The van der Waals surface area contributed by atoms with E-state index in [-0.39, 0.29) is 0 Å². The lowest BCUT2D eigenvalue weighted by Gasteiger charge is -2.09. The topological polar surface area (TPSA) is 38.9 Å². The van der Waals surface area contributed by atoms with E-state index in [0.29, 0.717) is 0 Å². The van der Waals surface area contributed by atoms with E-state index >= 15 is 0 Å². The minimum Gasteiger partial charge on any atom is -0.243 e. The number of hydrogen-bond donors (Lipinski definition) is 0. The molecule has 0 unspecified atom stereocenters. The van der Waals surface area contributed by atoms with Gasteiger partial charge >= 0.3 is 0 Å². The van der Waals surface area contributed by atoms with E-state index in [4.69, 9.17) is 4.63 Å². The number of aryl methyl sites for hydroxylation is 2. The van der Waals surface area contributed by atoms with Crippen molar-refractivity contribution in [2.75, 3.05) is 0 Å². The maximum atomic E-state index is 5.02. The van der Waals surface area contributed by atoms with Crippen molar-refractivity contribution in [2.45, 2.75) is 26.7 Å². The number of nitrogens with zero attached hydrogens (tertiary/aromatic N) is 2. The predicted molar refractivity (Wildman–Crippen MR) is 101 cm³/mol. The third-order valence-electron chi connectivity index (χ3n) is 4.68. The van der Waals surface area contributed by atoms with Crippen molar-refractivity contribution in [3.8, 4) is 22.3 Å². The molecule has 0 N–H and O–H groups in total. The summed E-state index contributed by atoms with van der Waals surface area (Å²) in [4.78, 5) is 0. The highest BCUT2D eigenvalue weighted by Crippen LogP contribution is 2.33. The maximum Gasteiger partial charge on any atom is 0.143 e. The first-order valence-corrected chi connectivity index (χ1v) is 8.73. The van der Waals surface area contributed by atoms with Crippen LogP contribution in [-0.2, 0) is 12.8 Å². The quantitative estimate of drug-likeness (QED) is 0.483. The van der Waals surface area contributed by atoms with Crippen molar-refractivity contribution in [2.24, 2.45) is 0 Å². The molecule has 25 heavy (non-hydrogen) atoms. The zero-order valence-electron chi connectivity index (χ0n) is 14.5. The number of fused-ring (bicyclic) bond motifs is 1. The van der Waals surface area contributed by atoms with Gasteiger partial charge in [0, 0.05) is 5.56 Å². The fraction of sp³-hybridized carbons (Fsp3) is 0.182. The van der Waals surface area contributed by atoms with Crippen LogP contribution in [0, 0.1) is 0 Å². The molecule has 0 spiro atoms. The Kier molecular flexibility index (Phi) is 4.06. The average molecular weight is 328 g/mol. The molecule has 0 aliphatic carbocycles. The first-order valence-electron chi connectivity index (χ1n) is 8.73. The predicted octanol–water partition coefficient (Wildman–Crippen LogP) is 5.68. The van der Waals surface area contributed by atoms with Crippen molar-refractivity contribution >= 4 is 11.0 Å². The molecule has 0 saturated carbocycles. The number of benzene rings is 3. The Morgan fingerprint density at radius 1 is 0.720 bits per heavy atom. The zero-order chi connectivity index (χ0) is 17.2. The summed E-state index contributed by atoms with van der Waals surface area (Å²) in [5.74, 6) is 0. The summed E-state index contributed by atoms with van der Waals surface area (Å²) < 4.78 is 5.02. The van der Waals surface area contributed by atoms with Crippen LogP contribution in [-0.4, -0.2) is 10.3 Å². The third kappa shape index (κ3) is 2.93. The molecule has 0 amide bonds. The summed E-state index contributed by atoms with van der Waals surface area (Å²) in [7, 11) is 0. The third-order valence-corrected chi connectivity index (χ3v) is 4.68. The van der Waals surface area contributed by atoms with Gasteiger partial charge < -0.3 is 0 Å². The second kappa shape index (κ2) is 6.52.